The maximum Gasteiger partial charge on any atom is 0.282 e. The monoisotopic (exact) mass is 256 g/mol. The summed E-state index contributed by atoms with van der Waals surface area (Å²) in [4.78, 5) is 11.5. The lowest BCUT2D eigenvalue weighted by atomic mass is 10.5. The van der Waals surface area contributed by atoms with E-state index in [0.717, 1.165) is 17.9 Å². The van der Waals surface area contributed by atoms with Gasteiger partial charge in [0.25, 0.3) is 5.91 Å². The third-order valence-corrected chi connectivity index (χ3v) is 2.93. The van der Waals surface area contributed by atoms with Gasteiger partial charge in [0, 0.05) is 25.5 Å². The van der Waals surface area contributed by atoms with Crippen LogP contribution in [0.3, 0.4) is 0 Å². The molecule has 2 rings (SSSR count). The van der Waals surface area contributed by atoms with Crippen molar-refractivity contribution >= 4 is 28.8 Å². The Hall–Kier alpha value is -1.40. The van der Waals surface area contributed by atoms with Crippen molar-refractivity contribution in [1.29, 1.82) is 0 Å². The molecule has 0 aliphatic carbocycles. The highest BCUT2D eigenvalue weighted by atomic mass is 35.5. The minimum absolute atomic E-state index is 0.239. The second-order valence-corrected chi connectivity index (χ2v) is 4.60. The van der Waals surface area contributed by atoms with Gasteiger partial charge in [0.1, 0.15) is 0 Å². The lowest BCUT2D eigenvalue weighted by molar-refractivity contribution is 0.0951. The molecule has 1 amide bonds. The SMILES string of the molecule is O=C(NCCn1cccc1)c1nnc(Cl)s1. The van der Waals surface area contributed by atoms with E-state index in [1.165, 1.54) is 0 Å². The first kappa shape index (κ1) is 11.1. The van der Waals surface area contributed by atoms with Gasteiger partial charge >= 0.3 is 0 Å². The Morgan fingerprint density at radius 1 is 1.44 bits per heavy atom. The van der Waals surface area contributed by atoms with Crippen LogP contribution in [0.4, 0.5) is 0 Å². The lowest BCUT2D eigenvalue weighted by Gasteiger charge is -2.03. The molecular formula is C9H9ClN4OS. The van der Waals surface area contributed by atoms with Crippen LogP contribution in [0.25, 0.3) is 0 Å². The van der Waals surface area contributed by atoms with Crippen LogP contribution < -0.4 is 5.32 Å². The molecule has 16 heavy (non-hydrogen) atoms. The molecule has 2 heterocycles. The van der Waals surface area contributed by atoms with E-state index in [1.807, 2.05) is 29.1 Å². The Morgan fingerprint density at radius 3 is 2.81 bits per heavy atom. The number of nitrogens with one attached hydrogen (secondary N) is 1. The van der Waals surface area contributed by atoms with E-state index in [0.29, 0.717) is 6.54 Å². The smallest absolute Gasteiger partial charge is 0.282 e. The fourth-order valence-corrected chi connectivity index (χ4v) is 1.94. The Balaban J connectivity index is 1.80. The molecule has 0 saturated heterocycles. The highest BCUT2D eigenvalue weighted by molar-refractivity contribution is 7.17. The van der Waals surface area contributed by atoms with Crippen LogP contribution in [0.1, 0.15) is 9.80 Å². The molecule has 0 saturated carbocycles. The average Bonchev–Trinajstić information content (AvgIpc) is 2.89. The van der Waals surface area contributed by atoms with Gasteiger partial charge in [0.05, 0.1) is 0 Å². The molecule has 0 aliphatic heterocycles. The van der Waals surface area contributed by atoms with E-state index in [-0.39, 0.29) is 15.4 Å². The van der Waals surface area contributed by atoms with Crippen molar-refractivity contribution in [3.8, 4) is 0 Å². The van der Waals surface area contributed by atoms with E-state index in [4.69, 9.17) is 11.6 Å². The van der Waals surface area contributed by atoms with Gasteiger partial charge in [-0.05, 0) is 23.7 Å². The summed E-state index contributed by atoms with van der Waals surface area (Å²) < 4.78 is 2.25. The maximum absolute atomic E-state index is 11.5. The number of carbonyl (C=O) groups is 1. The molecule has 2 aromatic heterocycles. The second-order valence-electron chi connectivity index (χ2n) is 3.04. The van der Waals surface area contributed by atoms with Gasteiger partial charge in [-0.2, -0.15) is 0 Å². The van der Waals surface area contributed by atoms with Crippen molar-refractivity contribution in [2.45, 2.75) is 6.54 Å². The van der Waals surface area contributed by atoms with Crippen molar-refractivity contribution in [2.24, 2.45) is 0 Å². The fraction of sp³-hybridized carbons (Fsp3) is 0.222. The van der Waals surface area contributed by atoms with Crippen molar-refractivity contribution in [1.82, 2.24) is 20.1 Å². The number of halogens is 1. The minimum atomic E-state index is -0.239. The molecule has 7 heteroatoms. The first-order chi connectivity index (χ1) is 7.75. The summed E-state index contributed by atoms with van der Waals surface area (Å²) >= 11 is 6.65. The van der Waals surface area contributed by atoms with Crippen molar-refractivity contribution in [2.75, 3.05) is 6.54 Å². The van der Waals surface area contributed by atoms with E-state index < -0.39 is 0 Å². The highest BCUT2D eigenvalue weighted by Gasteiger charge is 2.10. The summed E-state index contributed by atoms with van der Waals surface area (Å²) in [6.45, 7) is 1.27. The maximum atomic E-state index is 11.5. The summed E-state index contributed by atoms with van der Waals surface area (Å²) in [5.41, 5.74) is 0. The van der Waals surface area contributed by atoms with E-state index in [1.54, 1.807) is 0 Å². The minimum Gasteiger partial charge on any atom is -0.353 e. The molecule has 0 aliphatic rings. The normalized spacial score (nSPS) is 10.3. The molecule has 0 spiro atoms. The zero-order chi connectivity index (χ0) is 11.4. The Labute approximate surface area is 101 Å². The van der Waals surface area contributed by atoms with Crippen LogP contribution in [-0.2, 0) is 6.54 Å². The number of carbonyl (C=O) groups excluding carboxylic acids is 1. The molecule has 0 unspecified atom stereocenters. The number of amides is 1. The van der Waals surface area contributed by atoms with Crippen LogP contribution in [0.15, 0.2) is 24.5 Å². The Kier molecular flexibility index (Phi) is 3.53. The van der Waals surface area contributed by atoms with Gasteiger partial charge < -0.3 is 9.88 Å². The van der Waals surface area contributed by atoms with Crippen molar-refractivity contribution < 1.29 is 4.79 Å². The molecule has 0 atom stereocenters. The molecule has 84 valence electrons. The molecule has 2 aromatic rings. The van der Waals surface area contributed by atoms with Gasteiger partial charge in [-0.15, -0.1) is 10.2 Å². The van der Waals surface area contributed by atoms with Gasteiger partial charge in [0.15, 0.2) is 0 Å². The van der Waals surface area contributed by atoms with Crippen LogP contribution in [0.5, 0.6) is 0 Å². The number of aromatic nitrogens is 3. The summed E-state index contributed by atoms with van der Waals surface area (Å²) in [7, 11) is 0. The topological polar surface area (TPSA) is 59.8 Å². The summed E-state index contributed by atoms with van der Waals surface area (Å²) in [5, 5.41) is 10.2. The molecular weight excluding hydrogens is 248 g/mol. The molecule has 0 fully saturated rings. The van der Waals surface area contributed by atoms with Gasteiger partial charge in [-0.3, -0.25) is 4.79 Å². The van der Waals surface area contributed by atoms with Crippen molar-refractivity contribution in [3.63, 3.8) is 0 Å². The Bertz CT molecular complexity index is 468. The molecule has 0 bridgehead atoms. The zero-order valence-electron chi connectivity index (χ0n) is 8.26. The molecule has 0 radical (unpaired) electrons. The third kappa shape index (κ3) is 2.80. The zero-order valence-corrected chi connectivity index (χ0v) is 9.83. The van der Waals surface area contributed by atoms with Gasteiger partial charge in [0.2, 0.25) is 9.47 Å². The Morgan fingerprint density at radius 2 is 2.19 bits per heavy atom. The first-order valence-electron chi connectivity index (χ1n) is 4.63. The van der Waals surface area contributed by atoms with Crippen LogP contribution in [0.2, 0.25) is 4.47 Å². The third-order valence-electron chi connectivity index (χ3n) is 1.92. The predicted molar refractivity (Wildman–Crippen MR) is 61.7 cm³/mol. The average molecular weight is 257 g/mol. The number of hydrogen-bond acceptors (Lipinski definition) is 4. The van der Waals surface area contributed by atoms with E-state index in [2.05, 4.69) is 15.5 Å². The number of rotatable bonds is 4. The largest absolute Gasteiger partial charge is 0.353 e. The van der Waals surface area contributed by atoms with Crippen molar-refractivity contribution in [3.05, 3.63) is 34.0 Å². The molecule has 1 N–H and O–H groups in total. The van der Waals surface area contributed by atoms with Crippen LogP contribution in [-0.4, -0.2) is 27.2 Å². The summed E-state index contributed by atoms with van der Waals surface area (Å²) in [6, 6.07) is 3.87. The fourth-order valence-electron chi connectivity index (χ4n) is 1.19. The van der Waals surface area contributed by atoms with Crippen LogP contribution >= 0.6 is 22.9 Å². The first-order valence-corrected chi connectivity index (χ1v) is 5.83. The standard InChI is InChI=1S/C9H9ClN4OS/c10-9-13-12-8(16-9)7(15)11-3-6-14-4-1-2-5-14/h1-2,4-5H,3,6H2,(H,11,15). The van der Waals surface area contributed by atoms with E-state index >= 15 is 0 Å². The molecule has 5 nitrogen and oxygen atoms in total. The highest BCUT2D eigenvalue weighted by Crippen LogP contribution is 2.14. The lowest BCUT2D eigenvalue weighted by Crippen LogP contribution is -2.26. The summed E-state index contributed by atoms with van der Waals surface area (Å²) in [5.74, 6) is -0.239. The second kappa shape index (κ2) is 5.09. The summed E-state index contributed by atoms with van der Waals surface area (Å²) in [6.07, 6.45) is 3.88. The number of hydrogen-bond donors (Lipinski definition) is 1. The predicted octanol–water partition coefficient (Wildman–Crippen LogP) is 1.42. The van der Waals surface area contributed by atoms with Gasteiger partial charge in [-0.25, -0.2) is 0 Å². The molecule has 0 aromatic carbocycles. The van der Waals surface area contributed by atoms with E-state index in [9.17, 15) is 4.79 Å². The van der Waals surface area contributed by atoms with Crippen LogP contribution in [0, 0.1) is 0 Å². The van der Waals surface area contributed by atoms with Gasteiger partial charge in [-0.1, -0.05) is 11.3 Å². The quantitative estimate of drug-likeness (QED) is 0.900. The number of nitrogens with zero attached hydrogens (tertiary/aromatic N) is 3.